The Bertz CT molecular complexity index is 1310. The van der Waals surface area contributed by atoms with Crippen molar-refractivity contribution < 1.29 is 31.5 Å². The van der Waals surface area contributed by atoms with E-state index in [0.29, 0.717) is 27.9 Å². The molecule has 1 aliphatic carbocycles. The van der Waals surface area contributed by atoms with Gasteiger partial charge in [-0.25, -0.2) is 18.4 Å². The second-order valence-corrected chi connectivity index (χ2v) is 12.1. The fourth-order valence-electron chi connectivity index (χ4n) is 3.94. The van der Waals surface area contributed by atoms with Gasteiger partial charge in [0.1, 0.15) is 12.0 Å². The summed E-state index contributed by atoms with van der Waals surface area (Å²) >= 11 is 0. The quantitative estimate of drug-likeness (QED) is 0.463. The molecule has 1 aromatic rings. The Labute approximate surface area is 195 Å². The molecule has 0 saturated heterocycles. The van der Waals surface area contributed by atoms with Crippen LogP contribution in [0.1, 0.15) is 44.9 Å². The highest BCUT2D eigenvalue weighted by molar-refractivity contribution is 7.92. The number of nitrogens with zero attached hydrogens (tertiary/aromatic N) is 3. The summed E-state index contributed by atoms with van der Waals surface area (Å²) in [4.78, 5) is 8.43. The van der Waals surface area contributed by atoms with Crippen LogP contribution in [0.5, 0.6) is 5.88 Å². The van der Waals surface area contributed by atoms with Crippen LogP contribution in [0.25, 0.3) is 22.5 Å². The molecule has 0 spiro atoms. The Balaban J connectivity index is 1.87. The third-order valence-electron chi connectivity index (χ3n) is 6.79. The molecule has 0 amide bonds. The van der Waals surface area contributed by atoms with Crippen molar-refractivity contribution in [2.75, 3.05) is 12.4 Å². The second-order valence-electron chi connectivity index (χ2n) is 9.25. The van der Waals surface area contributed by atoms with Gasteiger partial charge in [0.15, 0.2) is 15.7 Å². The highest BCUT2D eigenvalue weighted by Crippen LogP contribution is 2.57. The van der Waals surface area contributed by atoms with Gasteiger partial charge in [-0.3, -0.25) is 0 Å². The molecule has 1 saturated carbocycles. The van der Waals surface area contributed by atoms with Gasteiger partial charge in [0.05, 0.1) is 10.4 Å². The van der Waals surface area contributed by atoms with Crippen molar-refractivity contribution >= 4 is 9.84 Å². The van der Waals surface area contributed by atoms with E-state index < -0.39 is 32.8 Å². The van der Waals surface area contributed by atoms with Crippen LogP contribution in [0.4, 0.5) is 13.2 Å². The molecule has 0 radical (unpaired) electrons. The molecule has 11 heteroatoms. The number of hydrogen-bond donors (Lipinski definition) is 1. The van der Waals surface area contributed by atoms with Gasteiger partial charge < -0.3 is 9.94 Å². The minimum atomic E-state index is -4.39. The third kappa shape index (κ3) is 3.79. The lowest BCUT2D eigenvalue weighted by Crippen LogP contribution is -2.31. The Kier molecular flexibility index (Phi) is 5.62. The molecule has 4 rings (SSSR count). The maximum absolute atomic E-state index is 13.5. The number of fused-ring (bicyclic) bond motifs is 1. The van der Waals surface area contributed by atoms with Crippen molar-refractivity contribution in [3.63, 3.8) is 0 Å². The van der Waals surface area contributed by atoms with E-state index in [-0.39, 0.29) is 30.3 Å². The van der Waals surface area contributed by atoms with Gasteiger partial charge in [0, 0.05) is 34.8 Å². The molecule has 2 aliphatic heterocycles. The van der Waals surface area contributed by atoms with E-state index in [1.54, 1.807) is 45.9 Å². The fourth-order valence-corrected chi connectivity index (χ4v) is 5.13. The SMILES string of the molecule is CCS(=O)(=O)C(C)(C)c1cnc(OCC2(C(F)(F)F)CC2)c(-c2cc(C)n(O)c3nccc2-3)c1. The second kappa shape index (κ2) is 7.86. The first-order valence-corrected chi connectivity index (χ1v) is 12.5. The highest BCUT2D eigenvalue weighted by atomic mass is 32.2. The van der Waals surface area contributed by atoms with Crippen molar-refractivity contribution in [2.45, 2.75) is 51.5 Å². The zero-order valence-electron chi connectivity index (χ0n) is 19.3. The molecule has 0 aromatic carbocycles. The van der Waals surface area contributed by atoms with E-state index in [2.05, 4.69) is 9.97 Å². The normalized spacial score (nSPS) is 16.1. The molecule has 1 N–H and O–H groups in total. The van der Waals surface area contributed by atoms with Crippen molar-refractivity contribution in [3.05, 3.63) is 41.9 Å². The number of aryl methyl sites for hydroxylation is 1. The van der Waals surface area contributed by atoms with Gasteiger partial charge >= 0.3 is 6.18 Å². The lowest BCUT2D eigenvalue weighted by molar-refractivity contribution is -0.194. The fraction of sp³-hybridized carbons (Fsp3) is 0.478. The van der Waals surface area contributed by atoms with Gasteiger partial charge in [-0.1, -0.05) is 6.92 Å². The number of sulfone groups is 1. The Hall–Kier alpha value is -2.82. The van der Waals surface area contributed by atoms with E-state index in [0.717, 1.165) is 4.73 Å². The van der Waals surface area contributed by atoms with Crippen molar-refractivity contribution in [2.24, 2.45) is 5.41 Å². The Morgan fingerprint density at radius 1 is 1.15 bits per heavy atom. The highest BCUT2D eigenvalue weighted by Gasteiger charge is 2.64. The smallest absolute Gasteiger partial charge is 0.397 e. The van der Waals surface area contributed by atoms with Crippen LogP contribution >= 0.6 is 0 Å². The first-order valence-electron chi connectivity index (χ1n) is 10.8. The first kappa shape index (κ1) is 24.3. The summed E-state index contributed by atoms with van der Waals surface area (Å²) in [6, 6.07) is 4.88. The van der Waals surface area contributed by atoms with Crippen molar-refractivity contribution in [3.8, 4) is 28.4 Å². The lowest BCUT2D eigenvalue weighted by atomic mass is 9.96. The van der Waals surface area contributed by atoms with Crippen LogP contribution in [0.15, 0.2) is 30.6 Å². The van der Waals surface area contributed by atoms with Crippen LogP contribution in [-0.4, -0.2) is 46.9 Å². The largest absolute Gasteiger partial charge is 0.476 e. The molecule has 184 valence electrons. The number of halogens is 3. The standard InChI is InChI=1S/C23H26F3N3O4S/c1-5-34(31,32)21(3,4)15-11-18(17-10-14(2)29(30)19-16(17)6-9-27-19)20(28-12-15)33-13-22(7-8-22)23(24,25)26/h6,9-12,30H,5,7-8,13H2,1-4H3. The number of pyridine rings is 2. The molecule has 1 aromatic heterocycles. The van der Waals surface area contributed by atoms with E-state index in [1.165, 1.54) is 12.4 Å². The van der Waals surface area contributed by atoms with Crippen LogP contribution in [0.2, 0.25) is 0 Å². The van der Waals surface area contributed by atoms with Crippen LogP contribution in [0, 0.1) is 12.3 Å². The molecule has 0 atom stereocenters. The minimum Gasteiger partial charge on any atom is -0.476 e. The maximum Gasteiger partial charge on any atom is 0.397 e. The molecular weight excluding hydrogens is 471 g/mol. The average Bonchev–Trinajstić information content (AvgIpc) is 3.43. The van der Waals surface area contributed by atoms with Crippen LogP contribution in [0.3, 0.4) is 0 Å². The van der Waals surface area contributed by atoms with Gasteiger partial charge in [0.2, 0.25) is 5.88 Å². The summed E-state index contributed by atoms with van der Waals surface area (Å²) in [6.45, 7) is 5.74. The molecule has 7 nitrogen and oxygen atoms in total. The molecule has 1 fully saturated rings. The molecule has 0 bridgehead atoms. The maximum atomic E-state index is 13.5. The van der Waals surface area contributed by atoms with Gasteiger partial charge in [0.25, 0.3) is 0 Å². The van der Waals surface area contributed by atoms with Gasteiger partial charge in [-0.05, 0) is 57.4 Å². The number of alkyl halides is 3. The number of ether oxygens (including phenoxy) is 1. The minimum absolute atomic E-state index is 0.0162. The monoisotopic (exact) mass is 497 g/mol. The van der Waals surface area contributed by atoms with E-state index in [1.807, 2.05) is 0 Å². The zero-order valence-corrected chi connectivity index (χ0v) is 20.1. The molecular formula is C23H26F3N3O4S. The molecule has 0 unspecified atom stereocenters. The van der Waals surface area contributed by atoms with E-state index in [9.17, 15) is 26.8 Å². The summed E-state index contributed by atoms with van der Waals surface area (Å²) < 4.78 is 71.2. The Morgan fingerprint density at radius 2 is 1.82 bits per heavy atom. The third-order valence-corrected chi connectivity index (χ3v) is 9.34. The average molecular weight is 498 g/mol. The number of hydrogen-bond acceptors (Lipinski definition) is 6. The predicted octanol–water partition coefficient (Wildman–Crippen LogP) is 4.99. The topological polar surface area (TPSA) is 94.3 Å². The summed E-state index contributed by atoms with van der Waals surface area (Å²) in [7, 11) is -3.54. The van der Waals surface area contributed by atoms with Gasteiger partial charge in [-0.2, -0.15) is 17.9 Å². The van der Waals surface area contributed by atoms with Crippen molar-refractivity contribution in [1.29, 1.82) is 0 Å². The molecule has 3 aliphatic rings. The van der Waals surface area contributed by atoms with Crippen LogP contribution in [-0.2, 0) is 14.6 Å². The Morgan fingerprint density at radius 3 is 2.41 bits per heavy atom. The zero-order chi connectivity index (χ0) is 25.1. The van der Waals surface area contributed by atoms with Gasteiger partial charge in [-0.15, -0.1) is 0 Å². The first-order chi connectivity index (χ1) is 15.7. The summed E-state index contributed by atoms with van der Waals surface area (Å²) in [5.74, 6) is 0.121. The van der Waals surface area contributed by atoms with Crippen molar-refractivity contribution in [1.82, 2.24) is 14.7 Å². The predicted molar refractivity (Wildman–Crippen MR) is 120 cm³/mol. The molecule has 34 heavy (non-hydrogen) atoms. The van der Waals surface area contributed by atoms with E-state index >= 15 is 0 Å². The lowest BCUT2D eigenvalue weighted by Gasteiger charge is -2.26. The van der Waals surface area contributed by atoms with Crippen LogP contribution < -0.4 is 4.74 Å². The summed E-state index contributed by atoms with van der Waals surface area (Å²) in [5.41, 5.74) is 0.266. The summed E-state index contributed by atoms with van der Waals surface area (Å²) in [6.07, 6.45) is -1.59. The van der Waals surface area contributed by atoms with E-state index in [4.69, 9.17) is 4.74 Å². The summed E-state index contributed by atoms with van der Waals surface area (Å²) in [5, 5.41) is 10.3. The number of aromatic nitrogens is 3. The number of rotatable bonds is 7. The molecule has 3 heterocycles.